The molecule has 0 spiro atoms. The minimum atomic E-state index is -5.17. The third-order valence-corrected chi connectivity index (χ3v) is 4.01. The highest BCUT2D eigenvalue weighted by Gasteiger charge is 2.24. The number of rotatable bonds is 9. The fourth-order valence-electron chi connectivity index (χ4n) is 2.55. The average molecular weight is 432 g/mol. The molecule has 164 valence electrons. The fourth-order valence-corrected chi connectivity index (χ4v) is 2.55. The molecule has 0 atom stereocenters. The Morgan fingerprint density at radius 3 is 2.10 bits per heavy atom. The van der Waals surface area contributed by atoms with E-state index in [4.69, 9.17) is 31.7 Å². The molecule has 10 nitrogen and oxygen atoms in total. The molecule has 1 aliphatic heterocycles. The number of diazo groups is 1. The molecule has 0 unspecified atom stereocenters. The molecule has 0 bridgehead atoms. The summed E-state index contributed by atoms with van der Waals surface area (Å²) in [5, 5.41) is 9.33. The number of nitrogens with zero attached hydrogens (tertiary/aromatic N) is 3. The quantitative estimate of drug-likeness (QED) is 0.249. The van der Waals surface area contributed by atoms with Crippen molar-refractivity contribution in [1.29, 1.82) is 5.39 Å². The van der Waals surface area contributed by atoms with E-state index in [0.29, 0.717) is 37.9 Å². The van der Waals surface area contributed by atoms with Crippen LogP contribution in [-0.4, -0.2) is 57.0 Å². The van der Waals surface area contributed by atoms with Gasteiger partial charge in [-0.05, 0) is 12.8 Å². The summed E-state index contributed by atoms with van der Waals surface area (Å²) in [7, 11) is -5.17. The Morgan fingerprint density at radius 2 is 1.62 bits per heavy atom. The molecule has 0 N–H and O–H groups in total. The van der Waals surface area contributed by atoms with E-state index in [1.165, 1.54) is 0 Å². The van der Waals surface area contributed by atoms with E-state index < -0.39 is 10.4 Å². The highest BCUT2D eigenvalue weighted by molar-refractivity contribution is 7.79. The Labute approximate surface area is 173 Å². The molecule has 1 aromatic rings. The first kappa shape index (κ1) is 24.9. The molecule has 0 saturated carbocycles. The van der Waals surface area contributed by atoms with Gasteiger partial charge in [-0.15, -0.1) is 0 Å². The van der Waals surface area contributed by atoms with E-state index in [-0.39, 0.29) is 1.43 Å². The van der Waals surface area contributed by atoms with Crippen molar-refractivity contribution < 1.29 is 33.2 Å². The molecule has 0 amide bonds. The molecular formula is C18H29N3O7S. The molecule has 11 heteroatoms. The summed E-state index contributed by atoms with van der Waals surface area (Å²) in [6, 6.07) is 3.69. The van der Waals surface area contributed by atoms with E-state index in [2.05, 4.69) is 23.7 Å². The Morgan fingerprint density at radius 1 is 1.10 bits per heavy atom. The van der Waals surface area contributed by atoms with Gasteiger partial charge in [-0.3, -0.25) is 8.42 Å². The molecule has 1 heterocycles. The largest absolute Gasteiger partial charge is 1.00 e. The van der Waals surface area contributed by atoms with Crippen molar-refractivity contribution >= 4 is 21.8 Å². The van der Waals surface area contributed by atoms with Crippen LogP contribution in [0.15, 0.2) is 12.1 Å². The Kier molecular flexibility index (Phi) is 11.3. The fraction of sp³-hybridized carbons (Fsp3) is 0.667. The van der Waals surface area contributed by atoms with E-state index in [0.717, 1.165) is 50.2 Å². The zero-order chi connectivity index (χ0) is 21.7. The van der Waals surface area contributed by atoms with Crippen LogP contribution in [0.25, 0.3) is 4.98 Å². The van der Waals surface area contributed by atoms with Gasteiger partial charge in [0.15, 0.2) is 10.7 Å². The highest BCUT2D eigenvalue weighted by Crippen LogP contribution is 2.40. The smallest absolute Gasteiger partial charge is 0.759 e. The molecule has 0 radical (unpaired) electrons. The lowest BCUT2D eigenvalue weighted by Crippen LogP contribution is -2.36. The first-order valence-electron chi connectivity index (χ1n) is 9.58. The lowest BCUT2D eigenvalue weighted by Gasteiger charge is -2.30. The first-order chi connectivity index (χ1) is 13.8. The molecule has 1 aromatic carbocycles. The second kappa shape index (κ2) is 13.2. The zero-order valence-electron chi connectivity index (χ0n) is 17.8. The second-order valence-corrected chi connectivity index (χ2v) is 7.12. The predicted octanol–water partition coefficient (Wildman–Crippen LogP) is 3.14. The standard InChI is InChI=1S/C18H28N3O3.H2O4S/c1-3-5-9-23-17-14-16(21-7-11-22-12-8-21)18(13-15(17)20-19)24-10-6-4-2;1-5(2,3)4/h13-14H,3-12H2,1-2H3;(H2,1,2,3,4)/q+1;/p-1. The van der Waals surface area contributed by atoms with Gasteiger partial charge in [0.05, 0.1) is 38.2 Å². The normalized spacial score (nSPS) is 13.8. The van der Waals surface area contributed by atoms with Crippen LogP contribution in [0.5, 0.6) is 11.5 Å². The van der Waals surface area contributed by atoms with Gasteiger partial charge in [-0.25, -0.2) is 0 Å². The van der Waals surface area contributed by atoms with Crippen LogP contribution in [0, 0.1) is 5.39 Å². The van der Waals surface area contributed by atoms with Gasteiger partial charge in [0.1, 0.15) is 0 Å². The predicted molar refractivity (Wildman–Crippen MR) is 107 cm³/mol. The molecule has 0 aromatic heterocycles. The second-order valence-electron chi connectivity index (χ2n) is 6.30. The van der Waals surface area contributed by atoms with Crippen LogP contribution >= 0.6 is 0 Å². The van der Waals surface area contributed by atoms with E-state index >= 15 is 0 Å². The first-order valence-corrected chi connectivity index (χ1v) is 10.9. The molecule has 2 rings (SSSR count). The lowest BCUT2D eigenvalue weighted by molar-refractivity contribution is 0.122. The molecular weight excluding hydrogens is 402 g/mol. The maximum absolute atomic E-state index is 9.33. The van der Waals surface area contributed by atoms with Crippen molar-refractivity contribution in [3.63, 3.8) is 0 Å². The number of hydrogen-bond acceptors (Lipinski definition) is 9. The van der Waals surface area contributed by atoms with Gasteiger partial charge in [-0.1, -0.05) is 26.7 Å². The Bertz CT molecular complexity index is 758. The van der Waals surface area contributed by atoms with Crippen molar-refractivity contribution in [2.75, 3.05) is 44.4 Å². The van der Waals surface area contributed by atoms with Gasteiger partial charge in [0, 0.05) is 29.6 Å². The van der Waals surface area contributed by atoms with Crippen molar-refractivity contribution in [2.24, 2.45) is 0 Å². The SMILES string of the molecule is CCCCOc1cc(N2CCOCC2)c(OCCCC)cc1[N+]#N.O=S(=O)([O-])[O-].[H+]. The van der Waals surface area contributed by atoms with Crippen LogP contribution in [-0.2, 0) is 15.1 Å². The molecule has 1 aliphatic rings. The molecule has 29 heavy (non-hydrogen) atoms. The summed E-state index contributed by atoms with van der Waals surface area (Å²) in [6.45, 7) is 8.53. The molecule has 0 aliphatic carbocycles. The third-order valence-electron chi connectivity index (χ3n) is 4.01. The van der Waals surface area contributed by atoms with Crippen LogP contribution in [0.1, 0.15) is 41.0 Å². The summed E-state index contributed by atoms with van der Waals surface area (Å²) in [4.78, 5) is 5.61. The van der Waals surface area contributed by atoms with Crippen molar-refractivity contribution in [1.82, 2.24) is 0 Å². The minimum absolute atomic E-state index is 0. The van der Waals surface area contributed by atoms with Crippen LogP contribution in [0.2, 0.25) is 0 Å². The minimum Gasteiger partial charge on any atom is -0.759 e. The number of anilines is 1. The van der Waals surface area contributed by atoms with Gasteiger partial charge >= 0.3 is 7.11 Å². The topological polar surface area (TPSA) is 139 Å². The number of morpholine rings is 1. The average Bonchev–Trinajstić information content (AvgIpc) is 2.68. The molecule has 1 saturated heterocycles. The van der Waals surface area contributed by atoms with Gasteiger partial charge in [0.2, 0.25) is 11.1 Å². The third kappa shape index (κ3) is 10.3. The summed E-state index contributed by atoms with van der Waals surface area (Å²) in [6.07, 6.45) is 4.08. The number of benzene rings is 1. The van der Waals surface area contributed by atoms with Crippen LogP contribution in [0.4, 0.5) is 11.4 Å². The molecule has 1 fully saturated rings. The van der Waals surface area contributed by atoms with Crippen molar-refractivity contribution in [3.05, 3.63) is 17.1 Å². The van der Waals surface area contributed by atoms with Gasteiger partial charge < -0.3 is 28.2 Å². The number of ether oxygens (including phenoxy) is 3. The van der Waals surface area contributed by atoms with Crippen LogP contribution < -0.4 is 14.4 Å². The lowest BCUT2D eigenvalue weighted by atomic mass is 10.2. The van der Waals surface area contributed by atoms with Crippen molar-refractivity contribution in [2.45, 2.75) is 39.5 Å². The van der Waals surface area contributed by atoms with Gasteiger partial charge in [-0.2, -0.15) is 0 Å². The summed E-state index contributed by atoms with van der Waals surface area (Å²) in [5.74, 6) is 1.33. The maximum Gasteiger partial charge on any atom is 1.00 e. The van der Waals surface area contributed by atoms with E-state index in [1.807, 2.05) is 6.07 Å². The monoisotopic (exact) mass is 431 g/mol. The summed E-state index contributed by atoms with van der Waals surface area (Å²) >= 11 is 0. The summed E-state index contributed by atoms with van der Waals surface area (Å²) < 4.78 is 51.3. The summed E-state index contributed by atoms with van der Waals surface area (Å²) in [5.41, 5.74) is 1.39. The highest BCUT2D eigenvalue weighted by atomic mass is 32.3. The number of unbranched alkanes of at least 4 members (excludes halogenated alkanes) is 2. The van der Waals surface area contributed by atoms with E-state index in [1.54, 1.807) is 6.07 Å². The maximum atomic E-state index is 9.33. The zero-order valence-corrected chi connectivity index (χ0v) is 17.6. The van der Waals surface area contributed by atoms with Crippen LogP contribution in [0.3, 0.4) is 0 Å². The number of hydrogen-bond donors (Lipinski definition) is 0. The van der Waals surface area contributed by atoms with Crippen molar-refractivity contribution in [3.8, 4) is 11.5 Å². The van der Waals surface area contributed by atoms with Gasteiger partial charge in [0.25, 0.3) is 0 Å². The Hall–Kier alpha value is -2.13. The van der Waals surface area contributed by atoms with E-state index in [9.17, 15) is 5.39 Å². The Balaban J connectivity index is 0.00000125.